The second-order valence-electron chi connectivity index (χ2n) is 11.8. The van der Waals surface area contributed by atoms with E-state index in [1.54, 1.807) is 0 Å². The Morgan fingerprint density at radius 2 is 0.884 bits per heavy atom. The van der Waals surface area contributed by atoms with Crippen molar-refractivity contribution < 1.29 is 28.6 Å². The smallest absolute Gasteiger partial charge is 0.306 e. The molecule has 0 N–H and O–H groups in total. The van der Waals surface area contributed by atoms with Gasteiger partial charge in [-0.25, -0.2) is 0 Å². The van der Waals surface area contributed by atoms with E-state index in [0.717, 1.165) is 89.9 Å². The first kappa shape index (κ1) is 40.9. The van der Waals surface area contributed by atoms with Gasteiger partial charge >= 0.3 is 17.9 Å². The Labute approximate surface area is 264 Å². The van der Waals surface area contributed by atoms with Gasteiger partial charge in [0.1, 0.15) is 13.2 Å². The van der Waals surface area contributed by atoms with E-state index < -0.39 is 6.10 Å². The molecule has 0 aliphatic heterocycles. The Hall–Kier alpha value is -2.11. The third-order valence-corrected chi connectivity index (χ3v) is 7.44. The van der Waals surface area contributed by atoms with Crippen LogP contribution in [0.25, 0.3) is 0 Å². The van der Waals surface area contributed by atoms with Gasteiger partial charge in [0, 0.05) is 19.3 Å². The zero-order chi connectivity index (χ0) is 31.6. The van der Waals surface area contributed by atoms with Crippen molar-refractivity contribution in [1.29, 1.82) is 0 Å². The van der Waals surface area contributed by atoms with Crippen molar-refractivity contribution in [1.82, 2.24) is 0 Å². The minimum Gasteiger partial charge on any atom is -0.462 e. The molecule has 0 aromatic heterocycles. The summed E-state index contributed by atoms with van der Waals surface area (Å²) in [5.41, 5.74) is 0. The van der Waals surface area contributed by atoms with Gasteiger partial charge in [-0.15, -0.1) is 0 Å². The summed E-state index contributed by atoms with van der Waals surface area (Å²) >= 11 is 0. The van der Waals surface area contributed by atoms with Crippen LogP contribution in [-0.4, -0.2) is 37.2 Å². The number of carbonyl (C=O) groups excluding carboxylic acids is 3. The van der Waals surface area contributed by atoms with E-state index >= 15 is 0 Å². The summed E-state index contributed by atoms with van der Waals surface area (Å²) in [6.45, 7) is 6.39. The van der Waals surface area contributed by atoms with Crippen LogP contribution in [-0.2, 0) is 28.6 Å². The van der Waals surface area contributed by atoms with Gasteiger partial charge in [0.15, 0.2) is 6.10 Å². The van der Waals surface area contributed by atoms with Crippen LogP contribution in [0.3, 0.4) is 0 Å². The molecule has 0 spiro atoms. The van der Waals surface area contributed by atoms with Gasteiger partial charge in [0.05, 0.1) is 0 Å². The van der Waals surface area contributed by atoms with Gasteiger partial charge in [0.25, 0.3) is 0 Å². The molecule has 0 heterocycles. The summed E-state index contributed by atoms with van der Waals surface area (Å²) in [5.74, 6) is -0.919. The second-order valence-corrected chi connectivity index (χ2v) is 11.8. The molecule has 0 saturated heterocycles. The maximum Gasteiger partial charge on any atom is 0.306 e. The van der Waals surface area contributed by atoms with Crippen molar-refractivity contribution in [3.05, 3.63) is 24.3 Å². The molecule has 0 amide bonds. The van der Waals surface area contributed by atoms with Crippen molar-refractivity contribution in [2.45, 2.75) is 181 Å². The van der Waals surface area contributed by atoms with Gasteiger partial charge < -0.3 is 14.2 Å². The average Bonchev–Trinajstić information content (AvgIpc) is 3.00. The van der Waals surface area contributed by atoms with E-state index in [2.05, 4.69) is 45.1 Å². The maximum atomic E-state index is 12.4. The third kappa shape index (κ3) is 31.1. The van der Waals surface area contributed by atoms with Crippen LogP contribution in [0.5, 0.6) is 0 Å². The molecule has 0 aliphatic carbocycles. The Kier molecular flexibility index (Phi) is 31.2. The number of rotatable bonds is 31. The molecule has 6 nitrogen and oxygen atoms in total. The SMILES string of the molecule is CCC/C=C\C/C=C\CCCCCCCC(=O)OCC(COC(=O)CCCCCCC)OC(=O)CCCCCCCCC. The van der Waals surface area contributed by atoms with Crippen LogP contribution in [0, 0.1) is 0 Å². The molecule has 1 unspecified atom stereocenters. The Bertz CT molecular complexity index is 714. The fourth-order valence-corrected chi connectivity index (χ4v) is 4.71. The predicted octanol–water partition coefficient (Wildman–Crippen LogP) is 10.5. The molecule has 6 heteroatoms. The molecule has 250 valence electrons. The van der Waals surface area contributed by atoms with Gasteiger partial charge in [-0.2, -0.15) is 0 Å². The highest BCUT2D eigenvalue weighted by Crippen LogP contribution is 2.12. The lowest BCUT2D eigenvalue weighted by atomic mass is 10.1. The Balaban J connectivity index is 4.29. The molecule has 0 aromatic rings. The molecule has 0 radical (unpaired) electrons. The van der Waals surface area contributed by atoms with E-state index in [1.165, 1.54) is 44.9 Å². The van der Waals surface area contributed by atoms with Crippen molar-refractivity contribution in [3.8, 4) is 0 Å². The van der Waals surface area contributed by atoms with Crippen LogP contribution >= 0.6 is 0 Å². The minimum absolute atomic E-state index is 0.0761. The first-order valence-corrected chi connectivity index (χ1v) is 17.8. The lowest BCUT2D eigenvalue weighted by Gasteiger charge is -2.18. The quantitative estimate of drug-likeness (QED) is 0.0338. The average molecular weight is 607 g/mol. The molecule has 0 fully saturated rings. The number of esters is 3. The molecule has 0 saturated carbocycles. The monoisotopic (exact) mass is 606 g/mol. The van der Waals surface area contributed by atoms with Crippen molar-refractivity contribution in [2.75, 3.05) is 13.2 Å². The lowest BCUT2D eigenvalue weighted by Crippen LogP contribution is -2.30. The third-order valence-electron chi connectivity index (χ3n) is 7.44. The van der Waals surface area contributed by atoms with Gasteiger partial charge in [0.2, 0.25) is 0 Å². The van der Waals surface area contributed by atoms with Gasteiger partial charge in [-0.3, -0.25) is 14.4 Å². The normalized spacial score (nSPS) is 12.2. The summed E-state index contributed by atoms with van der Waals surface area (Å²) in [4.78, 5) is 37.0. The molecule has 0 aromatic carbocycles. The standard InChI is InChI=1S/C37H66O6/c1-4-7-10-13-15-16-17-18-19-20-22-24-27-30-36(39)42-33-34(32-41-35(38)29-26-23-12-9-6-3)43-37(40)31-28-25-21-14-11-8-5-2/h10,13,16-17,34H,4-9,11-12,14-15,18-33H2,1-3H3/b13-10-,17-16-. The molecular formula is C37H66O6. The van der Waals surface area contributed by atoms with E-state index in [-0.39, 0.29) is 31.1 Å². The van der Waals surface area contributed by atoms with E-state index in [1.807, 2.05) is 0 Å². The van der Waals surface area contributed by atoms with Crippen molar-refractivity contribution in [2.24, 2.45) is 0 Å². The molecule has 43 heavy (non-hydrogen) atoms. The highest BCUT2D eigenvalue weighted by atomic mass is 16.6. The largest absolute Gasteiger partial charge is 0.462 e. The predicted molar refractivity (Wildman–Crippen MR) is 178 cm³/mol. The number of ether oxygens (including phenoxy) is 3. The zero-order valence-corrected chi connectivity index (χ0v) is 28.2. The second kappa shape index (κ2) is 32.8. The zero-order valence-electron chi connectivity index (χ0n) is 28.2. The molecular weight excluding hydrogens is 540 g/mol. The Morgan fingerprint density at radius 1 is 0.465 bits per heavy atom. The molecule has 1 atom stereocenters. The van der Waals surface area contributed by atoms with Crippen LogP contribution in [0.15, 0.2) is 24.3 Å². The van der Waals surface area contributed by atoms with Crippen molar-refractivity contribution in [3.63, 3.8) is 0 Å². The maximum absolute atomic E-state index is 12.4. The van der Waals surface area contributed by atoms with E-state index in [9.17, 15) is 14.4 Å². The molecule has 0 bridgehead atoms. The first-order valence-electron chi connectivity index (χ1n) is 17.8. The first-order chi connectivity index (χ1) is 21.0. The molecule has 0 aliphatic rings. The highest BCUT2D eigenvalue weighted by Gasteiger charge is 2.19. The number of unbranched alkanes of at least 4 members (excludes halogenated alkanes) is 16. The summed E-state index contributed by atoms with van der Waals surface area (Å²) in [6, 6.07) is 0. The van der Waals surface area contributed by atoms with Gasteiger partial charge in [-0.1, -0.05) is 135 Å². The topological polar surface area (TPSA) is 78.9 Å². The van der Waals surface area contributed by atoms with Crippen molar-refractivity contribution >= 4 is 17.9 Å². The Morgan fingerprint density at radius 3 is 1.37 bits per heavy atom. The van der Waals surface area contributed by atoms with Crippen LogP contribution in [0.4, 0.5) is 0 Å². The van der Waals surface area contributed by atoms with E-state index in [0.29, 0.717) is 19.3 Å². The summed E-state index contributed by atoms with van der Waals surface area (Å²) in [6.07, 6.45) is 32.0. The lowest BCUT2D eigenvalue weighted by molar-refractivity contribution is -0.167. The minimum atomic E-state index is -0.764. The van der Waals surface area contributed by atoms with Gasteiger partial charge in [-0.05, 0) is 44.9 Å². The number of hydrogen-bond donors (Lipinski definition) is 0. The fraction of sp³-hybridized carbons (Fsp3) is 0.811. The fourth-order valence-electron chi connectivity index (χ4n) is 4.71. The number of hydrogen-bond acceptors (Lipinski definition) is 6. The van der Waals surface area contributed by atoms with E-state index in [4.69, 9.17) is 14.2 Å². The highest BCUT2D eigenvalue weighted by molar-refractivity contribution is 5.71. The summed E-state index contributed by atoms with van der Waals surface area (Å²) < 4.78 is 16.4. The van der Waals surface area contributed by atoms with Crippen LogP contribution < -0.4 is 0 Å². The van der Waals surface area contributed by atoms with Crippen LogP contribution in [0.2, 0.25) is 0 Å². The molecule has 0 rings (SSSR count). The van der Waals surface area contributed by atoms with Crippen LogP contribution in [0.1, 0.15) is 175 Å². The summed E-state index contributed by atoms with van der Waals surface area (Å²) in [7, 11) is 0. The number of carbonyl (C=O) groups is 3. The summed E-state index contributed by atoms with van der Waals surface area (Å²) in [5, 5.41) is 0. The number of allylic oxidation sites excluding steroid dienone is 4.